The first kappa shape index (κ1) is 11.5. The molecule has 0 fully saturated rings. The van der Waals surface area contributed by atoms with Gasteiger partial charge in [0.25, 0.3) is 0 Å². The normalized spacial score (nSPS) is 10.6. The molecule has 0 unspecified atom stereocenters. The van der Waals surface area contributed by atoms with Crippen LogP contribution in [0.5, 0.6) is 0 Å². The van der Waals surface area contributed by atoms with E-state index in [0.717, 1.165) is 11.1 Å². The van der Waals surface area contributed by atoms with Crippen molar-refractivity contribution in [2.24, 2.45) is 0 Å². The Hall–Kier alpha value is -2.56. The van der Waals surface area contributed by atoms with Crippen LogP contribution in [0.25, 0.3) is 11.4 Å². The molecule has 1 aromatic carbocycles. The van der Waals surface area contributed by atoms with Gasteiger partial charge >= 0.3 is 0 Å². The number of hydrogen-bond donors (Lipinski definition) is 0. The predicted octanol–water partition coefficient (Wildman–Crippen LogP) is 2.09. The number of aryl methyl sites for hydroxylation is 1. The maximum absolute atomic E-state index is 4.36. The van der Waals surface area contributed by atoms with Crippen molar-refractivity contribution < 1.29 is 0 Å². The molecule has 2 aromatic heterocycles. The molecule has 0 radical (unpaired) electrons. The van der Waals surface area contributed by atoms with Crippen LogP contribution in [-0.4, -0.2) is 25.2 Å². The van der Waals surface area contributed by atoms with E-state index in [1.54, 1.807) is 17.2 Å². The summed E-state index contributed by atoms with van der Waals surface area (Å²) in [7, 11) is 0. The Morgan fingerprint density at radius 1 is 1.16 bits per heavy atom. The number of nitrogens with zero attached hydrogens (tertiary/aromatic N) is 5. The van der Waals surface area contributed by atoms with Crippen molar-refractivity contribution in [3.63, 3.8) is 0 Å². The molecule has 0 aliphatic carbocycles. The summed E-state index contributed by atoms with van der Waals surface area (Å²) in [6.45, 7) is 2.69. The van der Waals surface area contributed by atoms with Gasteiger partial charge in [-0.25, -0.2) is 0 Å². The highest BCUT2D eigenvalue weighted by Gasteiger charge is 2.06. The highest BCUT2D eigenvalue weighted by molar-refractivity contribution is 5.51. The number of aromatic nitrogens is 5. The molecule has 0 N–H and O–H groups in total. The minimum absolute atomic E-state index is 0.598. The van der Waals surface area contributed by atoms with Gasteiger partial charge in [-0.15, -0.1) is 10.2 Å². The largest absolute Gasteiger partial charge is 0.264 e. The average molecular weight is 251 g/mol. The zero-order valence-electron chi connectivity index (χ0n) is 10.6. The zero-order valence-corrected chi connectivity index (χ0v) is 10.6. The Morgan fingerprint density at radius 2 is 2.11 bits per heavy atom. The third-order valence-corrected chi connectivity index (χ3v) is 2.78. The van der Waals surface area contributed by atoms with E-state index < -0.39 is 0 Å². The topological polar surface area (TPSA) is 56.5 Å². The molecular weight excluding hydrogens is 238 g/mol. The third kappa shape index (κ3) is 2.65. The Balaban J connectivity index is 1.82. The van der Waals surface area contributed by atoms with Crippen LogP contribution in [0.1, 0.15) is 11.1 Å². The molecule has 94 valence electrons. The lowest BCUT2D eigenvalue weighted by Gasteiger charge is -2.00. The van der Waals surface area contributed by atoms with E-state index in [2.05, 4.69) is 45.5 Å². The van der Waals surface area contributed by atoms with Crippen molar-refractivity contribution in [2.45, 2.75) is 13.5 Å². The maximum Gasteiger partial charge on any atom is 0.206 e. The molecule has 0 atom stereocenters. The highest BCUT2D eigenvalue weighted by Crippen LogP contribution is 2.11. The smallest absolute Gasteiger partial charge is 0.206 e. The van der Waals surface area contributed by atoms with Crippen LogP contribution < -0.4 is 0 Å². The molecule has 5 nitrogen and oxygen atoms in total. The van der Waals surface area contributed by atoms with E-state index >= 15 is 0 Å². The number of rotatable bonds is 3. The second kappa shape index (κ2) is 4.97. The Morgan fingerprint density at radius 3 is 2.89 bits per heavy atom. The van der Waals surface area contributed by atoms with Crippen LogP contribution in [0.3, 0.4) is 0 Å². The minimum atomic E-state index is 0.598. The van der Waals surface area contributed by atoms with Crippen LogP contribution in [0, 0.1) is 6.92 Å². The molecular formula is C14H13N5. The first-order valence-corrected chi connectivity index (χ1v) is 6.05. The van der Waals surface area contributed by atoms with Crippen LogP contribution in [0.2, 0.25) is 0 Å². The summed E-state index contributed by atoms with van der Waals surface area (Å²) in [4.78, 5) is 5.64. The SMILES string of the molecule is Cc1cccc(Cn2nnc(-c3cccnc3)n2)c1. The molecule has 2 heterocycles. The van der Waals surface area contributed by atoms with E-state index in [9.17, 15) is 0 Å². The van der Waals surface area contributed by atoms with Gasteiger partial charge in [0.1, 0.15) is 0 Å². The summed E-state index contributed by atoms with van der Waals surface area (Å²) in [5.41, 5.74) is 3.26. The van der Waals surface area contributed by atoms with Crippen molar-refractivity contribution in [1.82, 2.24) is 25.2 Å². The van der Waals surface area contributed by atoms with Gasteiger partial charge in [-0.05, 0) is 29.8 Å². The lowest BCUT2D eigenvalue weighted by Crippen LogP contribution is -2.04. The second-order valence-electron chi connectivity index (χ2n) is 4.37. The lowest BCUT2D eigenvalue weighted by atomic mass is 10.1. The first-order valence-electron chi connectivity index (χ1n) is 6.05. The molecule has 19 heavy (non-hydrogen) atoms. The fourth-order valence-electron chi connectivity index (χ4n) is 1.89. The van der Waals surface area contributed by atoms with E-state index in [0.29, 0.717) is 12.4 Å². The summed E-state index contributed by atoms with van der Waals surface area (Å²) >= 11 is 0. The van der Waals surface area contributed by atoms with E-state index in [4.69, 9.17) is 0 Å². The molecule has 3 aromatic rings. The van der Waals surface area contributed by atoms with Crippen LogP contribution in [0.15, 0.2) is 48.8 Å². The molecule has 0 saturated carbocycles. The lowest BCUT2D eigenvalue weighted by molar-refractivity contribution is 0.572. The average Bonchev–Trinajstić information content (AvgIpc) is 2.88. The summed E-state index contributed by atoms with van der Waals surface area (Å²) in [5.74, 6) is 0.598. The predicted molar refractivity (Wildman–Crippen MR) is 71.3 cm³/mol. The highest BCUT2D eigenvalue weighted by atomic mass is 15.6. The number of hydrogen-bond acceptors (Lipinski definition) is 4. The first-order chi connectivity index (χ1) is 9.31. The quantitative estimate of drug-likeness (QED) is 0.715. The second-order valence-corrected chi connectivity index (χ2v) is 4.37. The summed E-state index contributed by atoms with van der Waals surface area (Å²) in [6.07, 6.45) is 3.45. The Bertz CT molecular complexity index is 675. The standard InChI is InChI=1S/C14H13N5/c1-11-4-2-5-12(8-11)10-19-17-14(16-18-19)13-6-3-7-15-9-13/h2-9H,10H2,1H3. The number of tetrazole rings is 1. The fraction of sp³-hybridized carbons (Fsp3) is 0.143. The monoisotopic (exact) mass is 251 g/mol. The van der Waals surface area contributed by atoms with Gasteiger partial charge in [-0.2, -0.15) is 4.80 Å². The molecule has 0 amide bonds. The van der Waals surface area contributed by atoms with Gasteiger partial charge in [0, 0.05) is 18.0 Å². The van der Waals surface area contributed by atoms with Crippen LogP contribution in [-0.2, 0) is 6.54 Å². The number of benzene rings is 1. The van der Waals surface area contributed by atoms with Crippen molar-refractivity contribution in [3.8, 4) is 11.4 Å². The van der Waals surface area contributed by atoms with Crippen molar-refractivity contribution >= 4 is 0 Å². The summed E-state index contributed by atoms with van der Waals surface area (Å²) < 4.78 is 0. The van der Waals surface area contributed by atoms with Crippen LogP contribution in [0.4, 0.5) is 0 Å². The molecule has 0 spiro atoms. The molecule has 0 aliphatic heterocycles. The zero-order chi connectivity index (χ0) is 13.1. The van der Waals surface area contributed by atoms with Gasteiger partial charge in [0.2, 0.25) is 5.82 Å². The van der Waals surface area contributed by atoms with Crippen molar-refractivity contribution in [1.29, 1.82) is 0 Å². The molecule has 0 bridgehead atoms. The number of pyridine rings is 1. The van der Waals surface area contributed by atoms with E-state index in [1.165, 1.54) is 5.56 Å². The van der Waals surface area contributed by atoms with Gasteiger partial charge in [0.05, 0.1) is 6.54 Å². The third-order valence-electron chi connectivity index (χ3n) is 2.78. The van der Waals surface area contributed by atoms with E-state index in [1.807, 2.05) is 18.2 Å². The maximum atomic E-state index is 4.36. The van der Waals surface area contributed by atoms with E-state index in [-0.39, 0.29) is 0 Å². The Kier molecular flexibility index (Phi) is 3.02. The van der Waals surface area contributed by atoms with Crippen molar-refractivity contribution in [3.05, 3.63) is 59.9 Å². The fourth-order valence-corrected chi connectivity index (χ4v) is 1.89. The molecule has 3 rings (SSSR count). The van der Waals surface area contributed by atoms with Gasteiger partial charge < -0.3 is 0 Å². The Labute approximate surface area is 110 Å². The van der Waals surface area contributed by atoms with Crippen LogP contribution >= 0.6 is 0 Å². The van der Waals surface area contributed by atoms with Crippen molar-refractivity contribution in [2.75, 3.05) is 0 Å². The van der Waals surface area contributed by atoms with Gasteiger partial charge in [-0.1, -0.05) is 29.8 Å². The molecule has 0 aliphatic rings. The summed E-state index contributed by atoms with van der Waals surface area (Å²) in [5, 5.41) is 12.5. The minimum Gasteiger partial charge on any atom is -0.264 e. The molecule has 0 saturated heterocycles. The molecule has 5 heteroatoms. The van der Waals surface area contributed by atoms with Gasteiger partial charge in [-0.3, -0.25) is 4.98 Å². The van der Waals surface area contributed by atoms with Gasteiger partial charge in [0.15, 0.2) is 0 Å². The summed E-state index contributed by atoms with van der Waals surface area (Å²) in [6, 6.07) is 12.0.